The molecule has 0 saturated heterocycles. The van der Waals surface area contributed by atoms with Gasteiger partial charge in [-0.15, -0.1) is 5.10 Å². The second-order valence-corrected chi connectivity index (χ2v) is 6.93. The van der Waals surface area contributed by atoms with Crippen LogP contribution in [-0.2, 0) is 23.1 Å². The van der Waals surface area contributed by atoms with Crippen LogP contribution >= 0.6 is 0 Å². The average Bonchev–Trinajstić information content (AvgIpc) is 3.21. The Hall–Kier alpha value is -1.73. The largest absolute Gasteiger partial charge is 0.379 e. The number of aromatic nitrogens is 3. The number of ether oxygens (including phenoxy) is 1. The van der Waals surface area contributed by atoms with Crippen molar-refractivity contribution in [2.45, 2.75) is 31.7 Å². The molecule has 0 N–H and O–H groups in total. The molecule has 2 heterocycles. The molecular weight excluding hydrogens is 306 g/mol. The van der Waals surface area contributed by atoms with E-state index in [4.69, 9.17) is 4.74 Å². The van der Waals surface area contributed by atoms with Gasteiger partial charge in [-0.2, -0.15) is 0 Å². The molecule has 0 radical (unpaired) electrons. The molecule has 1 aromatic rings. The molecule has 1 amide bonds. The highest BCUT2D eigenvalue weighted by Gasteiger charge is 2.33. The van der Waals surface area contributed by atoms with Gasteiger partial charge in [-0.05, 0) is 33.4 Å². The smallest absolute Gasteiger partial charge is 0.249 e. The van der Waals surface area contributed by atoms with E-state index in [1.54, 1.807) is 0 Å². The third-order valence-electron chi connectivity index (χ3n) is 4.72. The SMILES string of the molecule is CN(C)CCOCC1CN(C(=O)C2=CCCC2)Cc2nnn(C)c21. The van der Waals surface area contributed by atoms with Crippen LogP contribution in [0.4, 0.5) is 0 Å². The van der Waals surface area contributed by atoms with Crippen molar-refractivity contribution in [3.63, 3.8) is 0 Å². The second-order valence-electron chi connectivity index (χ2n) is 6.93. The van der Waals surface area contributed by atoms with Crippen molar-refractivity contribution in [3.8, 4) is 0 Å². The van der Waals surface area contributed by atoms with Crippen LogP contribution in [0.3, 0.4) is 0 Å². The number of likely N-dealkylation sites (N-methyl/N-ethyl adjacent to an activating group) is 1. The topological polar surface area (TPSA) is 63.5 Å². The van der Waals surface area contributed by atoms with E-state index in [0.29, 0.717) is 26.3 Å². The highest BCUT2D eigenvalue weighted by atomic mass is 16.5. The predicted octanol–water partition coefficient (Wildman–Crippen LogP) is 0.929. The Morgan fingerprint density at radius 2 is 2.29 bits per heavy atom. The molecule has 7 heteroatoms. The van der Waals surface area contributed by atoms with E-state index in [-0.39, 0.29) is 11.8 Å². The molecule has 24 heavy (non-hydrogen) atoms. The highest BCUT2D eigenvalue weighted by molar-refractivity contribution is 5.94. The van der Waals surface area contributed by atoms with Crippen molar-refractivity contribution in [1.82, 2.24) is 24.8 Å². The summed E-state index contributed by atoms with van der Waals surface area (Å²) in [5, 5.41) is 8.40. The number of hydrogen-bond donors (Lipinski definition) is 0. The summed E-state index contributed by atoms with van der Waals surface area (Å²) in [6.45, 7) is 3.38. The number of hydrogen-bond acceptors (Lipinski definition) is 5. The summed E-state index contributed by atoms with van der Waals surface area (Å²) in [4.78, 5) is 16.7. The van der Waals surface area contributed by atoms with Crippen molar-refractivity contribution >= 4 is 5.91 Å². The quantitative estimate of drug-likeness (QED) is 0.725. The Morgan fingerprint density at radius 1 is 1.46 bits per heavy atom. The first-order valence-corrected chi connectivity index (χ1v) is 8.65. The molecule has 132 valence electrons. The average molecular weight is 333 g/mol. The first-order chi connectivity index (χ1) is 11.6. The van der Waals surface area contributed by atoms with Gasteiger partial charge >= 0.3 is 0 Å². The van der Waals surface area contributed by atoms with Crippen LogP contribution in [0.25, 0.3) is 0 Å². The third-order valence-corrected chi connectivity index (χ3v) is 4.72. The van der Waals surface area contributed by atoms with Crippen molar-refractivity contribution < 1.29 is 9.53 Å². The van der Waals surface area contributed by atoms with Gasteiger partial charge in [0.1, 0.15) is 5.69 Å². The van der Waals surface area contributed by atoms with Gasteiger partial charge in [0.05, 0.1) is 25.5 Å². The van der Waals surface area contributed by atoms with E-state index in [1.807, 2.05) is 30.7 Å². The number of allylic oxidation sites excluding steroid dienone is 1. The summed E-state index contributed by atoms with van der Waals surface area (Å²) in [6.07, 6.45) is 5.08. The molecule has 0 aromatic carbocycles. The van der Waals surface area contributed by atoms with Crippen molar-refractivity contribution in [2.24, 2.45) is 7.05 Å². The maximum absolute atomic E-state index is 12.7. The summed E-state index contributed by atoms with van der Waals surface area (Å²) >= 11 is 0. The fourth-order valence-electron chi connectivity index (χ4n) is 3.44. The maximum atomic E-state index is 12.7. The highest BCUT2D eigenvalue weighted by Crippen LogP contribution is 2.29. The number of amides is 1. The van der Waals surface area contributed by atoms with Gasteiger partial charge in [0.15, 0.2) is 0 Å². The minimum Gasteiger partial charge on any atom is -0.379 e. The molecule has 7 nitrogen and oxygen atoms in total. The zero-order valence-corrected chi connectivity index (χ0v) is 14.9. The van der Waals surface area contributed by atoms with Gasteiger partial charge in [-0.25, -0.2) is 0 Å². The zero-order valence-electron chi connectivity index (χ0n) is 14.9. The fourth-order valence-corrected chi connectivity index (χ4v) is 3.44. The number of carbonyl (C=O) groups is 1. The van der Waals surface area contributed by atoms with Gasteiger partial charge in [0.2, 0.25) is 5.91 Å². The van der Waals surface area contributed by atoms with Crippen molar-refractivity contribution in [2.75, 3.05) is 40.4 Å². The molecule has 1 aliphatic carbocycles. The number of nitrogens with zero attached hydrogens (tertiary/aromatic N) is 5. The summed E-state index contributed by atoms with van der Waals surface area (Å²) < 4.78 is 7.68. The summed E-state index contributed by atoms with van der Waals surface area (Å²) in [5.41, 5.74) is 2.95. The van der Waals surface area contributed by atoms with Crippen molar-refractivity contribution in [3.05, 3.63) is 23.0 Å². The van der Waals surface area contributed by atoms with Crippen LogP contribution in [0.2, 0.25) is 0 Å². The van der Waals surface area contributed by atoms with Crippen LogP contribution in [0.5, 0.6) is 0 Å². The number of fused-ring (bicyclic) bond motifs is 1. The summed E-state index contributed by atoms with van der Waals surface area (Å²) in [6, 6.07) is 0. The van der Waals surface area contributed by atoms with Crippen LogP contribution in [0.1, 0.15) is 36.6 Å². The molecular formula is C17H27N5O2. The van der Waals surface area contributed by atoms with Crippen LogP contribution in [-0.4, -0.2) is 71.1 Å². The Morgan fingerprint density at radius 3 is 3.00 bits per heavy atom. The van der Waals surface area contributed by atoms with E-state index >= 15 is 0 Å². The molecule has 0 fully saturated rings. The minimum absolute atomic E-state index is 0.127. The van der Waals surface area contributed by atoms with E-state index < -0.39 is 0 Å². The third kappa shape index (κ3) is 3.67. The molecule has 3 rings (SSSR count). The molecule has 1 aliphatic heterocycles. The lowest BCUT2D eigenvalue weighted by Gasteiger charge is -2.32. The standard InChI is InChI=1S/C17H27N5O2/c1-20(2)8-9-24-12-14-10-22(17(23)13-6-4-5-7-13)11-15-16(14)21(3)19-18-15/h6,14H,4-5,7-12H2,1-3H3. The van der Waals surface area contributed by atoms with E-state index in [0.717, 1.165) is 42.8 Å². The van der Waals surface area contributed by atoms with E-state index in [9.17, 15) is 4.79 Å². The lowest BCUT2D eigenvalue weighted by atomic mass is 9.98. The van der Waals surface area contributed by atoms with Crippen LogP contribution in [0, 0.1) is 0 Å². The lowest BCUT2D eigenvalue weighted by Crippen LogP contribution is -2.40. The number of aryl methyl sites for hydroxylation is 1. The molecule has 1 atom stereocenters. The molecule has 2 aliphatic rings. The Bertz CT molecular complexity index is 622. The summed E-state index contributed by atoms with van der Waals surface area (Å²) in [5.74, 6) is 0.281. The van der Waals surface area contributed by atoms with Gasteiger partial charge < -0.3 is 14.5 Å². The maximum Gasteiger partial charge on any atom is 0.249 e. The first-order valence-electron chi connectivity index (χ1n) is 8.65. The number of rotatable bonds is 6. The first kappa shape index (κ1) is 17.1. The Labute approximate surface area is 143 Å². The van der Waals surface area contributed by atoms with Gasteiger partial charge in [-0.3, -0.25) is 9.48 Å². The minimum atomic E-state index is 0.127. The van der Waals surface area contributed by atoms with Gasteiger partial charge in [-0.1, -0.05) is 11.3 Å². The lowest BCUT2D eigenvalue weighted by molar-refractivity contribution is -0.128. The van der Waals surface area contributed by atoms with E-state index in [2.05, 4.69) is 21.3 Å². The molecule has 0 bridgehead atoms. The summed E-state index contributed by atoms with van der Waals surface area (Å²) in [7, 11) is 5.97. The Balaban J connectivity index is 1.69. The normalized spacial score (nSPS) is 20.4. The van der Waals surface area contributed by atoms with Crippen LogP contribution < -0.4 is 0 Å². The van der Waals surface area contributed by atoms with Gasteiger partial charge in [0, 0.05) is 31.6 Å². The second kappa shape index (κ2) is 7.44. The van der Waals surface area contributed by atoms with Crippen LogP contribution in [0.15, 0.2) is 11.6 Å². The zero-order chi connectivity index (χ0) is 17.1. The Kier molecular flexibility index (Phi) is 5.30. The van der Waals surface area contributed by atoms with Crippen molar-refractivity contribution in [1.29, 1.82) is 0 Å². The molecule has 0 spiro atoms. The van der Waals surface area contributed by atoms with Gasteiger partial charge in [0.25, 0.3) is 0 Å². The molecule has 1 aromatic heterocycles. The fraction of sp³-hybridized carbons (Fsp3) is 0.706. The number of carbonyl (C=O) groups excluding carboxylic acids is 1. The molecule has 1 unspecified atom stereocenters. The molecule has 0 saturated carbocycles. The van der Waals surface area contributed by atoms with E-state index in [1.165, 1.54) is 0 Å². The predicted molar refractivity (Wildman–Crippen MR) is 90.5 cm³/mol. The monoisotopic (exact) mass is 333 g/mol.